The molecule has 1 aromatic carbocycles. The van der Waals surface area contributed by atoms with Crippen LogP contribution in [0.25, 0.3) is 0 Å². The summed E-state index contributed by atoms with van der Waals surface area (Å²) in [6.45, 7) is 1.54. The number of ether oxygens (including phenoxy) is 1. The van der Waals surface area contributed by atoms with Gasteiger partial charge >= 0.3 is 0 Å². The van der Waals surface area contributed by atoms with Crippen molar-refractivity contribution >= 4 is 27.3 Å². The number of benzene rings is 1. The van der Waals surface area contributed by atoms with Crippen LogP contribution in [0.4, 0.5) is 5.69 Å². The largest absolute Gasteiger partial charge is 0.497 e. The van der Waals surface area contributed by atoms with E-state index in [4.69, 9.17) is 4.74 Å². The van der Waals surface area contributed by atoms with E-state index in [0.29, 0.717) is 11.4 Å². The van der Waals surface area contributed by atoms with Crippen molar-refractivity contribution in [2.75, 3.05) is 17.7 Å². The Labute approximate surface area is 149 Å². The Morgan fingerprint density at radius 1 is 1.20 bits per heavy atom. The average molecular weight is 367 g/mol. The van der Waals surface area contributed by atoms with E-state index in [9.17, 15) is 13.2 Å². The van der Waals surface area contributed by atoms with Crippen LogP contribution in [0.15, 0.2) is 29.4 Å². The second-order valence-corrected chi connectivity index (χ2v) is 8.01. The average Bonchev–Trinajstić information content (AvgIpc) is 2.60. The number of hydrogen-bond acceptors (Lipinski definition) is 5. The molecule has 0 radical (unpaired) electrons. The SMILES string of the molecule is COc1ccc(N([C@H](C)C(=O)NN=C2CCCCC2)S(C)(=O)=O)cc1. The number of sulfonamides is 1. The van der Waals surface area contributed by atoms with Gasteiger partial charge in [-0.3, -0.25) is 9.10 Å². The zero-order valence-electron chi connectivity index (χ0n) is 14.9. The fourth-order valence-electron chi connectivity index (χ4n) is 2.84. The lowest BCUT2D eigenvalue weighted by Crippen LogP contribution is -2.47. The van der Waals surface area contributed by atoms with Gasteiger partial charge < -0.3 is 4.74 Å². The van der Waals surface area contributed by atoms with E-state index in [2.05, 4.69) is 10.5 Å². The van der Waals surface area contributed by atoms with Crippen LogP contribution >= 0.6 is 0 Å². The molecule has 2 rings (SSSR count). The number of methoxy groups -OCH3 is 1. The molecule has 0 bridgehead atoms. The first-order valence-corrected chi connectivity index (χ1v) is 10.2. The van der Waals surface area contributed by atoms with E-state index >= 15 is 0 Å². The third-order valence-electron chi connectivity index (χ3n) is 4.17. The molecule has 0 spiro atoms. The van der Waals surface area contributed by atoms with Crippen molar-refractivity contribution in [2.45, 2.75) is 45.1 Å². The summed E-state index contributed by atoms with van der Waals surface area (Å²) in [5.41, 5.74) is 3.87. The predicted molar refractivity (Wildman–Crippen MR) is 98.4 cm³/mol. The molecule has 1 saturated carbocycles. The van der Waals surface area contributed by atoms with E-state index in [-0.39, 0.29) is 0 Å². The monoisotopic (exact) mass is 367 g/mol. The van der Waals surface area contributed by atoms with Crippen molar-refractivity contribution < 1.29 is 17.9 Å². The summed E-state index contributed by atoms with van der Waals surface area (Å²) < 4.78 is 30.6. The quantitative estimate of drug-likeness (QED) is 0.782. The molecule has 1 aromatic rings. The Morgan fingerprint density at radius 2 is 1.80 bits per heavy atom. The molecule has 1 atom stereocenters. The Morgan fingerprint density at radius 3 is 2.32 bits per heavy atom. The number of amides is 1. The maximum Gasteiger partial charge on any atom is 0.263 e. The molecule has 0 unspecified atom stereocenters. The van der Waals surface area contributed by atoms with E-state index in [1.165, 1.54) is 13.5 Å². The lowest BCUT2D eigenvalue weighted by Gasteiger charge is -2.27. The number of anilines is 1. The smallest absolute Gasteiger partial charge is 0.263 e. The number of nitrogens with zero attached hydrogens (tertiary/aromatic N) is 2. The number of hydrogen-bond donors (Lipinski definition) is 1. The van der Waals surface area contributed by atoms with Crippen molar-refractivity contribution in [2.24, 2.45) is 5.10 Å². The van der Waals surface area contributed by atoms with E-state index in [0.717, 1.165) is 42.0 Å². The first-order chi connectivity index (χ1) is 11.8. The van der Waals surface area contributed by atoms with Crippen molar-refractivity contribution in [3.63, 3.8) is 0 Å². The normalized spacial score (nSPS) is 16.0. The molecule has 0 heterocycles. The van der Waals surface area contributed by atoms with Gasteiger partial charge in [0.25, 0.3) is 5.91 Å². The second kappa shape index (κ2) is 8.33. The fraction of sp³-hybridized carbons (Fsp3) is 0.529. The summed E-state index contributed by atoms with van der Waals surface area (Å²) >= 11 is 0. The summed E-state index contributed by atoms with van der Waals surface area (Å²) in [6.07, 6.45) is 6.17. The van der Waals surface area contributed by atoms with Crippen LogP contribution in [0.2, 0.25) is 0 Å². The highest BCUT2D eigenvalue weighted by atomic mass is 32.2. The second-order valence-electron chi connectivity index (χ2n) is 6.15. The molecule has 1 fully saturated rings. The molecular formula is C17H25N3O4S. The van der Waals surface area contributed by atoms with Crippen LogP contribution < -0.4 is 14.5 Å². The van der Waals surface area contributed by atoms with Crippen molar-refractivity contribution in [1.29, 1.82) is 0 Å². The molecule has 7 nitrogen and oxygen atoms in total. The number of carbonyl (C=O) groups is 1. The van der Waals surface area contributed by atoms with Gasteiger partial charge in [-0.15, -0.1) is 0 Å². The van der Waals surface area contributed by atoms with E-state index in [1.807, 2.05) is 0 Å². The minimum absolute atomic E-state index is 0.399. The molecule has 1 amide bonds. The van der Waals surface area contributed by atoms with Gasteiger partial charge in [0.05, 0.1) is 19.1 Å². The Balaban J connectivity index is 2.17. The van der Waals surface area contributed by atoms with Gasteiger partial charge in [-0.2, -0.15) is 5.10 Å². The van der Waals surface area contributed by atoms with Gasteiger partial charge in [-0.05, 0) is 56.9 Å². The third kappa shape index (κ3) is 5.19. The highest BCUT2D eigenvalue weighted by Crippen LogP contribution is 2.24. The Bertz CT molecular complexity index is 721. The molecule has 1 N–H and O–H groups in total. The van der Waals surface area contributed by atoms with Crippen LogP contribution in [-0.4, -0.2) is 39.4 Å². The minimum Gasteiger partial charge on any atom is -0.497 e. The van der Waals surface area contributed by atoms with Crippen molar-refractivity contribution in [3.8, 4) is 5.75 Å². The van der Waals surface area contributed by atoms with Gasteiger partial charge in [0.2, 0.25) is 10.0 Å². The van der Waals surface area contributed by atoms with Gasteiger partial charge in [-0.25, -0.2) is 13.8 Å². The lowest BCUT2D eigenvalue weighted by molar-refractivity contribution is -0.121. The highest BCUT2D eigenvalue weighted by Gasteiger charge is 2.29. The fourth-order valence-corrected chi connectivity index (χ4v) is 4.01. The van der Waals surface area contributed by atoms with E-state index < -0.39 is 22.0 Å². The summed E-state index contributed by atoms with van der Waals surface area (Å²) in [5, 5.41) is 4.17. The van der Waals surface area contributed by atoms with E-state index in [1.54, 1.807) is 31.2 Å². The van der Waals surface area contributed by atoms with Gasteiger partial charge in [0.15, 0.2) is 0 Å². The molecule has 25 heavy (non-hydrogen) atoms. The summed E-state index contributed by atoms with van der Waals surface area (Å²) in [4.78, 5) is 12.4. The summed E-state index contributed by atoms with van der Waals surface area (Å²) in [6, 6.07) is 5.60. The standard InChI is InChI=1S/C17H25N3O4S/c1-13(17(21)19-18-14-7-5-4-6-8-14)20(25(3,22)23)15-9-11-16(24-2)12-10-15/h9-13H,4-8H2,1-3H3,(H,19,21)/t13-/m1/s1. The topological polar surface area (TPSA) is 88.1 Å². The number of hydrazone groups is 1. The van der Waals surface area contributed by atoms with Gasteiger partial charge in [-0.1, -0.05) is 6.42 Å². The van der Waals surface area contributed by atoms with Crippen LogP contribution in [0.3, 0.4) is 0 Å². The summed E-state index contributed by atoms with van der Waals surface area (Å²) in [5.74, 6) is 0.150. The number of rotatable bonds is 6. The molecule has 1 aliphatic rings. The lowest BCUT2D eigenvalue weighted by atomic mass is 9.99. The molecule has 1 aliphatic carbocycles. The van der Waals surface area contributed by atoms with Crippen molar-refractivity contribution in [3.05, 3.63) is 24.3 Å². The Kier molecular flexibility index (Phi) is 6.41. The maximum absolute atomic E-state index is 12.4. The molecule has 8 heteroatoms. The molecular weight excluding hydrogens is 342 g/mol. The molecule has 138 valence electrons. The van der Waals surface area contributed by atoms with Gasteiger partial charge in [0, 0.05) is 5.71 Å². The highest BCUT2D eigenvalue weighted by molar-refractivity contribution is 7.92. The zero-order valence-corrected chi connectivity index (χ0v) is 15.7. The van der Waals surface area contributed by atoms with Crippen LogP contribution in [-0.2, 0) is 14.8 Å². The number of carbonyl (C=O) groups excluding carboxylic acids is 1. The minimum atomic E-state index is -3.64. The third-order valence-corrected chi connectivity index (χ3v) is 5.41. The summed E-state index contributed by atoms with van der Waals surface area (Å²) in [7, 11) is -2.11. The molecule has 0 saturated heterocycles. The van der Waals surface area contributed by atoms with Crippen LogP contribution in [0, 0.1) is 0 Å². The molecule has 0 aromatic heterocycles. The zero-order chi connectivity index (χ0) is 18.4. The maximum atomic E-state index is 12.4. The Hall–Kier alpha value is -2.09. The first kappa shape index (κ1) is 19.2. The molecule has 0 aliphatic heterocycles. The number of nitrogens with one attached hydrogen (secondary N) is 1. The van der Waals surface area contributed by atoms with Crippen LogP contribution in [0.1, 0.15) is 39.0 Å². The van der Waals surface area contributed by atoms with Gasteiger partial charge in [0.1, 0.15) is 11.8 Å². The predicted octanol–water partition coefficient (Wildman–Crippen LogP) is 2.29. The van der Waals surface area contributed by atoms with Crippen LogP contribution in [0.5, 0.6) is 5.75 Å². The van der Waals surface area contributed by atoms with Crippen molar-refractivity contribution in [1.82, 2.24) is 5.43 Å². The first-order valence-electron chi connectivity index (χ1n) is 8.31.